The Morgan fingerprint density at radius 1 is 0.818 bits per heavy atom. The van der Waals surface area contributed by atoms with Crippen molar-refractivity contribution in [3.8, 4) is 11.5 Å². The standard InChI is InChI=1S/C26H34N2O4S/c1-6-27(7-2)25(29)31-23-15-14-21(18-24(23)32-26(30)28(8-3)9-4)16-17-33-19-22-12-10-20(5)11-13-22/h10-18H,6-9,19H2,1-5H3/b17-16+. The molecule has 0 bridgehead atoms. The van der Waals surface area contributed by atoms with Crippen molar-refractivity contribution in [1.82, 2.24) is 9.80 Å². The Balaban J connectivity index is 2.17. The summed E-state index contributed by atoms with van der Waals surface area (Å²) in [5, 5.41) is 2.01. The number of carbonyl (C=O) groups excluding carboxylic acids is 2. The van der Waals surface area contributed by atoms with Crippen molar-refractivity contribution in [3.63, 3.8) is 0 Å². The second kappa shape index (κ2) is 13.6. The van der Waals surface area contributed by atoms with Gasteiger partial charge in [0.1, 0.15) is 0 Å². The summed E-state index contributed by atoms with van der Waals surface area (Å²) in [6.45, 7) is 11.7. The molecule has 0 saturated heterocycles. The molecule has 0 aliphatic rings. The first-order valence-corrected chi connectivity index (χ1v) is 12.4. The van der Waals surface area contributed by atoms with Gasteiger partial charge in [-0.05, 0) is 69.4 Å². The summed E-state index contributed by atoms with van der Waals surface area (Å²) in [5.41, 5.74) is 3.34. The van der Waals surface area contributed by atoms with Crippen molar-refractivity contribution in [1.29, 1.82) is 0 Å². The predicted molar refractivity (Wildman–Crippen MR) is 136 cm³/mol. The van der Waals surface area contributed by atoms with Gasteiger partial charge in [0.15, 0.2) is 11.5 Å². The maximum absolute atomic E-state index is 12.5. The van der Waals surface area contributed by atoms with Crippen LogP contribution >= 0.6 is 11.8 Å². The van der Waals surface area contributed by atoms with E-state index in [1.807, 2.05) is 45.2 Å². The molecule has 2 aromatic carbocycles. The smallest absolute Gasteiger partial charge is 0.406 e. The molecule has 0 atom stereocenters. The summed E-state index contributed by atoms with van der Waals surface area (Å²) >= 11 is 1.68. The Labute approximate surface area is 201 Å². The second-order valence-electron chi connectivity index (χ2n) is 7.39. The minimum absolute atomic E-state index is 0.219. The molecule has 2 rings (SSSR count). The SMILES string of the molecule is CCN(CC)C(=O)Oc1ccc(/C=C/SCc2ccc(C)cc2)cc1OC(=O)N(CC)CC. The van der Waals surface area contributed by atoms with Gasteiger partial charge in [0.2, 0.25) is 0 Å². The molecule has 2 aromatic rings. The molecule has 0 heterocycles. The summed E-state index contributed by atoms with van der Waals surface area (Å²) in [6, 6.07) is 13.7. The van der Waals surface area contributed by atoms with Gasteiger partial charge < -0.3 is 19.3 Å². The topological polar surface area (TPSA) is 59.1 Å². The fraction of sp³-hybridized carbons (Fsp3) is 0.385. The van der Waals surface area contributed by atoms with Crippen molar-refractivity contribution in [2.75, 3.05) is 26.2 Å². The van der Waals surface area contributed by atoms with E-state index >= 15 is 0 Å². The molecule has 2 amide bonds. The lowest BCUT2D eigenvalue weighted by Crippen LogP contribution is -2.34. The third-order valence-electron chi connectivity index (χ3n) is 5.13. The lowest BCUT2D eigenvalue weighted by Gasteiger charge is -2.21. The molecular formula is C26H34N2O4S. The van der Waals surface area contributed by atoms with Crippen LogP contribution < -0.4 is 9.47 Å². The average molecular weight is 471 g/mol. The van der Waals surface area contributed by atoms with Gasteiger partial charge in [0, 0.05) is 31.9 Å². The van der Waals surface area contributed by atoms with Crippen molar-refractivity contribution in [2.24, 2.45) is 0 Å². The molecule has 0 aliphatic carbocycles. The van der Waals surface area contributed by atoms with Gasteiger partial charge in [-0.3, -0.25) is 0 Å². The van der Waals surface area contributed by atoms with Gasteiger partial charge in [-0.1, -0.05) is 35.9 Å². The number of carbonyl (C=O) groups is 2. The Kier molecular flexibility index (Phi) is 10.8. The van der Waals surface area contributed by atoms with Gasteiger partial charge >= 0.3 is 12.2 Å². The van der Waals surface area contributed by atoms with E-state index in [-0.39, 0.29) is 11.5 Å². The van der Waals surface area contributed by atoms with Crippen LogP contribution in [-0.2, 0) is 5.75 Å². The summed E-state index contributed by atoms with van der Waals surface area (Å²) in [5.74, 6) is 1.30. The molecule has 0 fully saturated rings. The summed E-state index contributed by atoms with van der Waals surface area (Å²) in [7, 11) is 0. The van der Waals surface area contributed by atoms with E-state index in [0.717, 1.165) is 11.3 Å². The minimum Gasteiger partial charge on any atom is -0.406 e. The highest BCUT2D eigenvalue weighted by molar-refractivity contribution is 8.01. The predicted octanol–water partition coefficient (Wildman–Crippen LogP) is 6.58. The van der Waals surface area contributed by atoms with E-state index in [1.54, 1.807) is 33.7 Å². The number of amides is 2. The molecular weight excluding hydrogens is 436 g/mol. The fourth-order valence-corrected chi connectivity index (χ4v) is 3.76. The van der Waals surface area contributed by atoms with Crippen molar-refractivity contribution < 1.29 is 19.1 Å². The van der Waals surface area contributed by atoms with E-state index < -0.39 is 12.2 Å². The molecule has 178 valence electrons. The van der Waals surface area contributed by atoms with Crippen LogP contribution in [0.1, 0.15) is 44.4 Å². The first kappa shape index (κ1) is 26.3. The minimum atomic E-state index is -0.477. The van der Waals surface area contributed by atoms with E-state index in [1.165, 1.54) is 11.1 Å². The maximum atomic E-state index is 12.5. The molecule has 33 heavy (non-hydrogen) atoms. The summed E-state index contributed by atoms with van der Waals surface area (Å²) in [4.78, 5) is 28.1. The molecule has 7 heteroatoms. The maximum Gasteiger partial charge on any atom is 0.415 e. The quantitative estimate of drug-likeness (QED) is 0.392. The third-order valence-corrected chi connectivity index (χ3v) is 5.96. The Bertz CT molecular complexity index is 936. The molecule has 0 aromatic heterocycles. The number of hydrogen-bond donors (Lipinski definition) is 0. The van der Waals surface area contributed by atoms with Crippen molar-refractivity contribution in [2.45, 2.75) is 40.4 Å². The normalized spacial score (nSPS) is 10.8. The molecule has 0 aliphatic heterocycles. The van der Waals surface area contributed by atoms with Crippen LogP contribution in [0.2, 0.25) is 0 Å². The zero-order valence-electron chi connectivity index (χ0n) is 20.2. The number of ether oxygens (including phenoxy) is 2. The van der Waals surface area contributed by atoms with E-state index in [9.17, 15) is 9.59 Å². The van der Waals surface area contributed by atoms with Gasteiger partial charge in [-0.2, -0.15) is 0 Å². The lowest BCUT2D eigenvalue weighted by atomic mass is 10.2. The number of thioether (sulfide) groups is 1. The number of aryl methyl sites for hydroxylation is 1. The average Bonchev–Trinajstić information content (AvgIpc) is 2.81. The number of hydrogen-bond acceptors (Lipinski definition) is 5. The van der Waals surface area contributed by atoms with Crippen molar-refractivity contribution >= 4 is 30.0 Å². The Morgan fingerprint density at radius 2 is 1.36 bits per heavy atom. The second-order valence-corrected chi connectivity index (χ2v) is 8.28. The van der Waals surface area contributed by atoms with Gasteiger partial charge in [0.05, 0.1) is 0 Å². The summed E-state index contributed by atoms with van der Waals surface area (Å²) < 4.78 is 11.2. The highest BCUT2D eigenvalue weighted by atomic mass is 32.2. The zero-order valence-corrected chi connectivity index (χ0v) is 21.0. The number of rotatable bonds is 10. The van der Waals surface area contributed by atoms with Crippen LogP contribution in [0.4, 0.5) is 9.59 Å². The van der Waals surface area contributed by atoms with Gasteiger partial charge in [-0.15, -0.1) is 11.8 Å². The molecule has 0 radical (unpaired) electrons. The van der Waals surface area contributed by atoms with Crippen LogP contribution in [0.5, 0.6) is 11.5 Å². The molecule has 0 unspecified atom stereocenters. The van der Waals surface area contributed by atoms with Crippen LogP contribution in [0, 0.1) is 6.92 Å². The number of nitrogens with zero attached hydrogens (tertiary/aromatic N) is 2. The first-order valence-electron chi connectivity index (χ1n) is 11.3. The summed E-state index contributed by atoms with van der Waals surface area (Å²) in [6.07, 6.45) is 0.996. The molecule has 0 spiro atoms. The van der Waals surface area contributed by atoms with Crippen LogP contribution in [0.3, 0.4) is 0 Å². The monoisotopic (exact) mass is 470 g/mol. The lowest BCUT2D eigenvalue weighted by molar-refractivity contribution is 0.146. The van der Waals surface area contributed by atoms with Crippen LogP contribution in [0.15, 0.2) is 47.9 Å². The van der Waals surface area contributed by atoms with Crippen LogP contribution in [-0.4, -0.2) is 48.2 Å². The van der Waals surface area contributed by atoms with Gasteiger partial charge in [0.25, 0.3) is 0 Å². The molecule has 0 saturated carbocycles. The Morgan fingerprint density at radius 3 is 1.91 bits per heavy atom. The number of benzene rings is 2. The van der Waals surface area contributed by atoms with E-state index in [4.69, 9.17) is 9.47 Å². The van der Waals surface area contributed by atoms with Crippen LogP contribution in [0.25, 0.3) is 6.08 Å². The first-order chi connectivity index (χ1) is 15.9. The largest absolute Gasteiger partial charge is 0.415 e. The molecule has 6 nitrogen and oxygen atoms in total. The van der Waals surface area contributed by atoms with E-state index in [0.29, 0.717) is 26.2 Å². The fourth-order valence-electron chi connectivity index (χ4n) is 3.03. The van der Waals surface area contributed by atoms with Crippen molar-refractivity contribution in [3.05, 3.63) is 64.6 Å². The highest BCUT2D eigenvalue weighted by Gasteiger charge is 2.19. The molecule has 0 N–H and O–H groups in total. The highest BCUT2D eigenvalue weighted by Crippen LogP contribution is 2.30. The zero-order chi connectivity index (χ0) is 24.2. The Hall–Kier alpha value is -2.93. The van der Waals surface area contributed by atoms with E-state index in [2.05, 4.69) is 31.2 Å². The van der Waals surface area contributed by atoms with Gasteiger partial charge in [-0.25, -0.2) is 9.59 Å². The third kappa shape index (κ3) is 8.17.